The molecule has 0 amide bonds. The molecule has 2 aromatic carbocycles. The lowest BCUT2D eigenvalue weighted by molar-refractivity contribution is -0.144. The van der Waals surface area contributed by atoms with Crippen molar-refractivity contribution >= 4 is 0 Å². The van der Waals surface area contributed by atoms with Gasteiger partial charge in [0, 0.05) is 6.04 Å². The van der Waals surface area contributed by atoms with Crippen molar-refractivity contribution in [3.8, 4) is 0 Å². The van der Waals surface area contributed by atoms with Gasteiger partial charge >= 0.3 is 24.7 Å². The molecule has 0 aromatic heterocycles. The zero-order valence-corrected chi connectivity index (χ0v) is 20.0. The highest BCUT2D eigenvalue weighted by Gasteiger charge is 2.41. The fourth-order valence-corrected chi connectivity index (χ4v) is 4.11. The second kappa shape index (κ2) is 11.3. The summed E-state index contributed by atoms with van der Waals surface area (Å²) in [5.74, 6) is 0. The van der Waals surface area contributed by atoms with Gasteiger partial charge in [-0.15, -0.1) is 0 Å². The number of benzene rings is 2. The smallest absolute Gasteiger partial charge is 0.322 e. The lowest BCUT2D eigenvalue weighted by atomic mass is 9.88. The summed E-state index contributed by atoms with van der Waals surface area (Å²) in [6, 6.07) is -2.34. The van der Waals surface area contributed by atoms with Crippen molar-refractivity contribution in [1.82, 2.24) is 4.90 Å². The molecule has 0 saturated heterocycles. The van der Waals surface area contributed by atoms with Crippen LogP contribution in [0.2, 0.25) is 0 Å². The Morgan fingerprint density at radius 1 is 0.553 bits per heavy atom. The number of nitrogens with zero attached hydrogens (tertiary/aromatic N) is 1. The van der Waals surface area contributed by atoms with Crippen LogP contribution >= 0.6 is 0 Å². The zero-order valence-electron chi connectivity index (χ0n) is 20.0. The van der Waals surface area contributed by atoms with Gasteiger partial charge in [0.05, 0.1) is 28.3 Å². The highest BCUT2D eigenvalue weighted by molar-refractivity contribution is 5.40. The molecule has 2 atom stereocenters. The van der Waals surface area contributed by atoms with Crippen molar-refractivity contribution in [3.05, 3.63) is 69.8 Å². The number of rotatable bonds is 8. The Hall–Kier alpha value is -2.48. The number of hydrogen-bond donors (Lipinski definition) is 1. The summed E-state index contributed by atoms with van der Waals surface area (Å²) in [7, 11) is 0. The quantitative estimate of drug-likeness (QED) is 0.323. The maximum absolute atomic E-state index is 13.5. The lowest BCUT2D eigenvalue weighted by Gasteiger charge is -2.37. The molecule has 2 rings (SSSR count). The fraction of sp³-hybridized carbons (Fsp3) is 0.500. The van der Waals surface area contributed by atoms with Crippen molar-refractivity contribution < 1.29 is 52.7 Å². The Kier molecular flexibility index (Phi) is 9.46. The molecule has 0 aliphatic rings. The van der Waals surface area contributed by atoms with Crippen LogP contribution < -0.4 is 5.73 Å². The van der Waals surface area contributed by atoms with E-state index in [2.05, 4.69) is 0 Å². The molecule has 0 saturated carbocycles. The van der Waals surface area contributed by atoms with Gasteiger partial charge < -0.3 is 5.73 Å². The largest absolute Gasteiger partial charge is 0.416 e. The van der Waals surface area contributed by atoms with E-state index in [4.69, 9.17) is 5.73 Å². The second-order valence-corrected chi connectivity index (χ2v) is 8.69. The molecule has 0 unspecified atom stereocenters. The minimum atomic E-state index is -5.24. The van der Waals surface area contributed by atoms with Crippen molar-refractivity contribution in [2.45, 2.75) is 63.5 Å². The van der Waals surface area contributed by atoms with Gasteiger partial charge in [-0.25, -0.2) is 0 Å². The molecular weight excluding hydrogens is 544 g/mol. The van der Waals surface area contributed by atoms with Crippen LogP contribution in [0.5, 0.6) is 0 Å². The van der Waals surface area contributed by atoms with Crippen LogP contribution in [-0.2, 0) is 24.7 Å². The highest BCUT2D eigenvalue weighted by Crippen LogP contribution is 2.43. The van der Waals surface area contributed by atoms with E-state index in [0.29, 0.717) is 37.1 Å². The Morgan fingerprint density at radius 2 is 0.842 bits per heavy atom. The first-order chi connectivity index (χ1) is 17.2. The van der Waals surface area contributed by atoms with E-state index in [1.54, 1.807) is 13.8 Å². The van der Waals surface area contributed by atoms with Crippen LogP contribution in [0, 0.1) is 0 Å². The Labute approximate surface area is 210 Å². The molecule has 0 aliphatic carbocycles. The molecule has 214 valence electrons. The Balaban J connectivity index is 2.89. The molecule has 0 heterocycles. The Morgan fingerprint density at radius 3 is 1.11 bits per heavy atom. The Bertz CT molecular complexity index is 1010. The number of hydrogen-bond acceptors (Lipinski definition) is 2. The molecule has 0 aliphatic heterocycles. The van der Waals surface area contributed by atoms with E-state index >= 15 is 0 Å². The maximum Gasteiger partial charge on any atom is 0.416 e. The molecule has 2 nitrogen and oxygen atoms in total. The van der Waals surface area contributed by atoms with Gasteiger partial charge in [-0.05, 0) is 73.5 Å². The monoisotopic (exact) mass is 568 g/mol. The van der Waals surface area contributed by atoms with Gasteiger partial charge in [-0.3, -0.25) is 4.90 Å². The third-order valence-electron chi connectivity index (χ3n) is 5.70. The standard InChI is InChI=1S/C24H24F12N2/c1-3-5-38(6-4-2)20(14-9-17(23(31,32)33)12-18(10-14)24(34,35)36)19(37)13-7-15(21(25,26)27)11-16(8-13)22(28,29)30/h7-12,19-20H,3-6,37H2,1-2H3/t19-,20-/m0/s1. The third kappa shape index (κ3) is 7.78. The summed E-state index contributed by atoms with van der Waals surface area (Å²) < 4.78 is 162. The molecule has 0 fully saturated rings. The van der Waals surface area contributed by atoms with Crippen LogP contribution in [0.15, 0.2) is 36.4 Å². The summed E-state index contributed by atoms with van der Waals surface area (Å²) in [6.07, 6.45) is -20.3. The summed E-state index contributed by atoms with van der Waals surface area (Å²) in [6.45, 7) is 3.33. The summed E-state index contributed by atoms with van der Waals surface area (Å²) in [5.41, 5.74) is -2.06. The number of nitrogens with two attached hydrogens (primary N) is 1. The van der Waals surface area contributed by atoms with Gasteiger partial charge in [-0.2, -0.15) is 52.7 Å². The van der Waals surface area contributed by atoms with Crippen LogP contribution in [-0.4, -0.2) is 18.0 Å². The molecule has 0 bridgehead atoms. The van der Waals surface area contributed by atoms with E-state index in [9.17, 15) is 52.7 Å². The van der Waals surface area contributed by atoms with Crippen molar-refractivity contribution in [2.75, 3.05) is 13.1 Å². The number of alkyl halides is 12. The van der Waals surface area contributed by atoms with Crippen molar-refractivity contribution in [3.63, 3.8) is 0 Å². The van der Waals surface area contributed by atoms with Gasteiger partial charge in [-0.1, -0.05) is 13.8 Å². The third-order valence-corrected chi connectivity index (χ3v) is 5.70. The van der Waals surface area contributed by atoms with Gasteiger partial charge in [0.2, 0.25) is 0 Å². The normalized spacial score (nSPS) is 15.2. The van der Waals surface area contributed by atoms with Crippen LogP contribution in [0.3, 0.4) is 0 Å². The molecule has 2 aromatic rings. The molecule has 14 heteroatoms. The summed E-state index contributed by atoms with van der Waals surface area (Å²) in [5, 5.41) is 0. The van der Waals surface area contributed by atoms with E-state index in [1.807, 2.05) is 0 Å². The van der Waals surface area contributed by atoms with E-state index in [1.165, 1.54) is 4.90 Å². The van der Waals surface area contributed by atoms with Crippen LogP contribution in [0.1, 0.15) is 72.2 Å². The zero-order chi connectivity index (χ0) is 29.3. The first-order valence-electron chi connectivity index (χ1n) is 11.3. The number of halogens is 12. The van der Waals surface area contributed by atoms with Crippen molar-refractivity contribution in [2.24, 2.45) is 5.73 Å². The molecular formula is C24H24F12N2. The lowest BCUT2D eigenvalue weighted by Crippen LogP contribution is -2.38. The average Bonchev–Trinajstić information content (AvgIpc) is 2.76. The first kappa shape index (κ1) is 31.7. The highest BCUT2D eigenvalue weighted by atomic mass is 19.4. The maximum atomic E-state index is 13.5. The molecule has 0 radical (unpaired) electrons. The average molecular weight is 568 g/mol. The SMILES string of the molecule is CCCN(CCC)[C@@H](c1cc(C(F)(F)F)cc(C(F)(F)F)c1)[C@@H](N)c1cc(C(F)(F)F)cc(C(F)(F)F)c1. The van der Waals surface area contributed by atoms with Crippen LogP contribution in [0.25, 0.3) is 0 Å². The predicted molar refractivity (Wildman–Crippen MR) is 115 cm³/mol. The minimum absolute atomic E-state index is 0.0366. The summed E-state index contributed by atoms with van der Waals surface area (Å²) >= 11 is 0. The molecule has 2 N–H and O–H groups in total. The van der Waals surface area contributed by atoms with E-state index in [-0.39, 0.29) is 25.2 Å². The van der Waals surface area contributed by atoms with Crippen molar-refractivity contribution in [1.29, 1.82) is 0 Å². The first-order valence-corrected chi connectivity index (χ1v) is 11.3. The topological polar surface area (TPSA) is 29.3 Å². The summed E-state index contributed by atoms with van der Waals surface area (Å²) in [4.78, 5) is 1.35. The molecule has 0 spiro atoms. The fourth-order valence-electron chi connectivity index (χ4n) is 4.11. The van der Waals surface area contributed by atoms with Gasteiger partial charge in [0.15, 0.2) is 0 Å². The molecule has 38 heavy (non-hydrogen) atoms. The van der Waals surface area contributed by atoms with E-state index in [0.717, 1.165) is 0 Å². The second-order valence-electron chi connectivity index (χ2n) is 8.69. The predicted octanol–water partition coefficient (Wildman–Crippen LogP) is 8.62. The van der Waals surface area contributed by atoms with Crippen LogP contribution in [0.4, 0.5) is 52.7 Å². The van der Waals surface area contributed by atoms with Gasteiger partial charge in [0.25, 0.3) is 0 Å². The van der Waals surface area contributed by atoms with E-state index < -0.39 is 70.2 Å². The minimum Gasteiger partial charge on any atom is -0.322 e. The van der Waals surface area contributed by atoms with Gasteiger partial charge in [0.1, 0.15) is 0 Å².